The molecule has 40 nitrogen and oxygen atoms in total. The van der Waals surface area contributed by atoms with Crippen molar-refractivity contribution in [2.45, 2.75) is 170 Å². The number of imidazole rings is 1. The Kier molecular flexibility index (Phi) is 33.0. The normalized spacial score (nSPS) is 23.3. The minimum atomic E-state index is -2.20. The van der Waals surface area contributed by atoms with Crippen LogP contribution in [-0.2, 0) is 54.1 Å². The summed E-state index contributed by atoms with van der Waals surface area (Å²) in [5, 5.41) is 111. The number of nitrogens with zero attached hydrogens (tertiary/aromatic N) is 5. The van der Waals surface area contributed by atoms with Gasteiger partial charge in [0.2, 0.25) is 29.5 Å². The highest BCUT2D eigenvalue weighted by Crippen LogP contribution is 2.35. The molecule has 0 bridgehead atoms. The minimum absolute atomic E-state index is 0. The van der Waals surface area contributed by atoms with Crippen LogP contribution in [0.1, 0.15) is 102 Å². The number of hydrogen-bond acceptors (Lipinski definition) is 33. The lowest BCUT2D eigenvalue weighted by atomic mass is 9.96. The lowest BCUT2D eigenvalue weighted by molar-refractivity contribution is -0.372. The predicted molar refractivity (Wildman–Crippen MR) is 353 cm³/mol. The highest BCUT2D eigenvalue weighted by molar-refractivity contribution is 7.14. The fraction of sp³-hybridized carbons (Fsp3) is 0.632. The molecule has 2 saturated heterocycles. The Balaban J connectivity index is 0.0000180. The average molecular weight is 1480 g/mol. The van der Waals surface area contributed by atoms with Crippen LogP contribution < -0.4 is 71.6 Å². The third kappa shape index (κ3) is 22.8. The number of aliphatic hydroxyl groups is 8. The minimum Gasteiger partial charge on any atom is -0.441 e. The number of aromatic nitrogens is 6. The maximum absolute atomic E-state index is 15.2. The summed E-state index contributed by atoms with van der Waals surface area (Å²) < 4.78 is 28.7. The Morgan fingerprint density at radius 3 is 2.08 bits per heavy atom. The Labute approximate surface area is 585 Å². The van der Waals surface area contributed by atoms with Crippen molar-refractivity contribution in [2.24, 2.45) is 34.6 Å². The molecule has 0 aromatic carbocycles. The molecule has 0 spiro atoms. The summed E-state index contributed by atoms with van der Waals surface area (Å²) >= 11 is 2.50. The Bertz CT molecular complexity index is 3330. The number of nitrogen functional groups attached to an aromatic ring is 1. The first-order chi connectivity index (χ1) is 47.0. The van der Waals surface area contributed by atoms with E-state index in [2.05, 4.69) is 67.1 Å². The Morgan fingerprint density at radius 1 is 0.750 bits per heavy atom. The molecule has 2 aliphatic rings. The van der Waals surface area contributed by atoms with Crippen LogP contribution in [0.3, 0.4) is 0 Å². The molecule has 100 heavy (non-hydrogen) atoms. The number of hydrogen-bond donors (Lipinski definition) is 22. The van der Waals surface area contributed by atoms with Gasteiger partial charge in [-0.3, -0.25) is 33.6 Å². The van der Waals surface area contributed by atoms with E-state index in [1.54, 1.807) is 10.8 Å². The molecule has 558 valence electrons. The molecule has 19 atom stereocenters. The SMILES string of the molecule is Cc1c(N)nc(C(CC(N)=O)NCC(N)C(N)=O)nc1C(=O)NC(C(=O)NC(C)C(O)C(C)C(=O)N[C@@H](C(=O)NCCc1nc(-c2nc(C(=O)NCCCNCCCCN)cs2)cs1)C(C)O)C(OC1OC(CO)C(O)C(O)C1O[C@@H]1OC(CO)C(O)C(OC(N)=O)C1O)c1cnc[nH]1.Cl. The van der Waals surface area contributed by atoms with Gasteiger partial charge in [-0.2, -0.15) is 0 Å². The summed E-state index contributed by atoms with van der Waals surface area (Å²) in [6.45, 7) is 5.29. The molecule has 6 heterocycles. The summed E-state index contributed by atoms with van der Waals surface area (Å²) in [5.41, 5.74) is 33.6. The summed E-state index contributed by atoms with van der Waals surface area (Å²) in [4.78, 5) is 131. The molecule has 0 radical (unpaired) electrons. The summed E-state index contributed by atoms with van der Waals surface area (Å²) in [5.74, 6) is -8.74. The number of aliphatic hydroxyl groups excluding tert-OH is 8. The first-order valence-corrected chi connectivity index (χ1v) is 33.1. The number of unbranched alkanes of at least 4 members (excludes halogenated alkanes) is 1. The third-order valence-electron chi connectivity index (χ3n) is 15.9. The smallest absolute Gasteiger partial charge is 0.404 e. The average Bonchev–Trinajstić information content (AvgIpc) is 0.853. The van der Waals surface area contributed by atoms with E-state index >= 15 is 4.79 Å². The van der Waals surface area contributed by atoms with Gasteiger partial charge in [-0.05, 0) is 59.7 Å². The number of primary amides is 3. The second-order valence-corrected chi connectivity index (χ2v) is 25.2. The fourth-order valence-corrected chi connectivity index (χ4v) is 11.8. The first kappa shape index (κ1) is 83.2. The van der Waals surface area contributed by atoms with E-state index in [4.69, 9.17) is 58.1 Å². The molecule has 4 aromatic rings. The maximum Gasteiger partial charge on any atom is 0.404 e. The number of carbonyl (C=O) groups is 8. The number of halogens is 1. The van der Waals surface area contributed by atoms with Crippen molar-refractivity contribution in [3.8, 4) is 10.7 Å². The number of amides is 8. The Morgan fingerprint density at radius 2 is 1.44 bits per heavy atom. The quantitative estimate of drug-likeness (QED) is 0.0185. The maximum atomic E-state index is 15.2. The monoisotopic (exact) mass is 1480 g/mol. The van der Waals surface area contributed by atoms with Crippen molar-refractivity contribution < 1.29 is 103 Å². The van der Waals surface area contributed by atoms with Crippen molar-refractivity contribution in [1.82, 2.24) is 67.1 Å². The van der Waals surface area contributed by atoms with Gasteiger partial charge in [0.25, 0.3) is 11.8 Å². The van der Waals surface area contributed by atoms with E-state index in [9.17, 15) is 74.4 Å². The van der Waals surface area contributed by atoms with Gasteiger partial charge in [0.1, 0.15) is 94.6 Å². The van der Waals surface area contributed by atoms with Gasteiger partial charge >= 0.3 is 6.09 Å². The van der Waals surface area contributed by atoms with Crippen LogP contribution >= 0.6 is 35.1 Å². The van der Waals surface area contributed by atoms with E-state index < -0.39 is 183 Å². The zero-order chi connectivity index (χ0) is 72.9. The van der Waals surface area contributed by atoms with Crippen molar-refractivity contribution in [1.29, 1.82) is 0 Å². The molecule has 0 aliphatic carbocycles. The van der Waals surface area contributed by atoms with Crippen LogP contribution in [0.2, 0.25) is 0 Å². The summed E-state index contributed by atoms with van der Waals surface area (Å²) in [6, 6.07) is -7.87. The van der Waals surface area contributed by atoms with Crippen molar-refractivity contribution in [3.63, 3.8) is 0 Å². The molecular formula is C57H90ClN19O21S2. The molecule has 28 N–H and O–H groups in total. The van der Waals surface area contributed by atoms with Crippen LogP contribution in [-0.4, -0.2) is 268 Å². The van der Waals surface area contributed by atoms with Crippen LogP contribution in [0.15, 0.2) is 23.3 Å². The number of H-pyrrole nitrogens is 1. The fourth-order valence-electron chi connectivity index (χ4n) is 10.2. The van der Waals surface area contributed by atoms with Gasteiger partial charge in [-0.1, -0.05) is 6.92 Å². The molecule has 2 aliphatic heterocycles. The second kappa shape index (κ2) is 39.7. The number of rotatable bonds is 39. The number of nitrogens with two attached hydrogens (primary N) is 6. The molecule has 4 aromatic heterocycles. The molecule has 0 saturated carbocycles. The molecule has 2 fully saturated rings. The largest absolute Gasteiger partial charge is 0.441 e. The van der Waals surface area contributed by atoms with Crippen LogP contribution in [0, 0.1) is 12.8 Å². The number of thiazole rings is 2. The number of ether oxygens (including phenoxy) is 5. The predicted octanol–water partition coefficient (Wildman–Crippen LogP) is -7.83. The zero-order valence-electron chi connectivity index (χ0n) is 54.8. The molecule has 17 unspecified atom stereocenters. The highest BCUT2D eigenvalue weighted by Gasteiger charge is 2.54. The van der Waals surface area contributed by atoms with Gasteiger partial charge in [-0.25, -0.2) is 29.7 Å². The molecule has 8 amide bonds. The van der Waals surface area contributed by atoms with E-state index in [1.165, 1.54) is 50.4 Å². The first-order valence-electron chi connectivity index (χ1n) is 31.4. The van der Waals surface area contributed by atoms with Crippen LogP contribution in [0.25, 0.3) is 10.7 Å². The summed E-state index contributed by atoms with van der Waals surface area (Å²) in [6.07, 6.45) is -22.5. The highest BCUT2D eigenvalue weighted by atomic mass is 35.5. The summed E-state index contributed by atoms with van der Waals surface area (Å²) in [7, 11) is 0. The lowest BCUT2D eigenvalue weighted by Crippen LogP contribution is -2.65. The van der Waals surface area contributed by atoms with Gasteiger partial charge in [-0.15, -0.1) is 35.1 Å². The topological polar surface area (TPSA) is 665 Å². The van der Waals surface area contributed by atoms with Crippen molar-refractivity contribution >= 4 is 88.3 Å². The van der Waals surface area contributed by atoms with Crippen molar-refractivity contribution in [3.05, 3.63) is 56.8 Å². The number of carbonyl (C=O) groups excluding carboxylic acids is 8. The van der Waals surface area contributed by atoms with Gasteiger partial charge in [0, 0.05) is 48.8 Å². The second-order valence-electron chi connectivity index (χ2n) is 23.4. The van der Waals surface area contributed by atoms with E-state index in [1.807, 2.05) is 0 Å². The number of aromatic amines is 1. The zero-order valence-corrected chi connectivity index (χ0v) is 57.2. The van der Waals surface area contributed by atoms with E-state index in [0.29, 0.717) is 28.8 Å². The van der Waals surface area contributed by atoms with Gasteiger partial charge in [0.05, 0.1) is 72.7 Å². The number of nitrogens with one attached hydrogen (secondary N) is 8. The standard InChI is InChI=1S/C57H89N19O21S2.ClH/c1-22-35(73-48(76-46(22)61)27(14-33(60)80)68-15-26(59)47(62)86)52(90)75-37(43(28-16-65-21-69-28)95-56-45(41(84)39(82)31(17-77)94-56)96-55-42(85)44(97-57(63)92)40(83)32(18-78)93-55)53(91)70-24(3)38(81)23(2)49(87)74-36(25(4)79)51(89)67-13-8-34-71-30(20-98-34)54-72-29(19-99-54)50(88)66-12-7-11-64-10-6-5-9-58;/h16,19-21,23-27,31-32,36-45,55-56,64,68,77-79,81-85H,5-15,17-18,58-59H2,1-4H3,(H2,60,80)(H2,62,86)(H2,63,92)(H,65,69)(H,66,88)(H,67,89)(H,70,91)(H,74,87)(H,75,90)(H2,61,73,76);1H/t23?,24?,25?,26?,27?,31?,32?,36-,37?,38?,39?,40?,41?,42?,43?,44?,45?,55+,56?;/m1./s1. The molecule has 43 heteroatoms. The van der Waals surface area contributed by atoms with Crippen LogP contribution in [0.4, 0.5) is 10.6 Å². The van der Waals surface area contributed by atoms with Gasteiger partial charge < -0.3 is 141 Å². The Hall–Kier alpha value is -7.44. The third-order valence-corrected chi connectivity index (χ3v) is 17.7. The van der Waals surface area contributed by atoms with Crippen molar-refractivity contribution in [2.75, 3.05) is 58.2 Å². The lowest BCUT2D eigenvalue weighted by Gasteiger charge is -2.47. The van der Waals surface area contributed by atoms with Gasteiger partial charge in [0.15, 0.2) is 18.7 Å². The van der Waals surface area contributed by atoms with E-state index in [0.717, 1.165) is 44.9 Å². The molecular weight excluding hydrogens is 1390 g/mol. The molecule has 6 rings (SSSR count). The van der Waals surface area contributed by atoms with E-state index in [-0.39, 0.29) is 66.4 Å². The van der Waals surface area contributed by atoms with Crippen LogP contribution in [0.5, 0.6) is 0 Å². The number of anilines is 1.